The minimum atomic E-state index is -0.0550. The van der Waals surface area contributed by atoms with Crippen LogP contribution in [0.5, 0.6) is 0 Å². The Labute approximate surface area is 157 Å². The number of amides is 1. The van der Waals surface area contributed by atoms with Crippen LogP contribution in [0.1, 0.15) is 33.6 Å². The fourth-order valence-corrected chi connectivity index (χ4v) is 2.24. The van der Waals surface area contributed by atoms with E-state index in [-0.39, 0.29) is 12.0 Å². The van der Waals surface area contributed by atoms with Gasteiger partial charge in [-0.3, -0.25) is 10.1 Å². The lowest BCUT2D eigenvalue weighted by atomic mass is 10.0. The molecule has 1 amide bonds. The first-order chi connectivity index (χ1) is 12.6. The molecule has 7 heteroatoms. The second kappa shape index (κ2) is 14.7. The van der Waals surface area contributed by atoms with Crippen molar-refractivity contribution in [2.24, 2.45) is 0 Å². The minimum Gasteiger partial charge on any atom is -0.491 e. The van der Waals surface area contributed by atoms with Crippen LogP contribution >= 0.6 is 0 Å². The Hall–Kier alpha value is -1.41. The van der Waals surface area contributed by atoms with E-state index in [9.17, 15) is 4.79 Å². The minimum absolute atomic E-state index is 0.0550. The maximum absolute atomic E-state index is 12.2. The predicted octanol–water partition coefficient (Wildman–Crippen LogP) is 1.75. The maximum Gasteiger partial charge on any atom is 0.247 e. The van der Waals surface area contributed by atoms with Gasteiger partial charge in [0.2, 0.25) is 5.91 Å². The van der Waals surface area contributed by atoms with E-state index < -0.39 is 0 Å². The monoisotopic (exact) mass is 370 g/mol. The summed E-state index contributed by atoms with van der Waals surface area (Å²) in [5.74, 6) is 0.722. The third-order valence-electron chi connectivity index (χ3n) is 3.47. The summed E-state index contributed by atoms with van der Waals surface area (Å²) in [6.45, 7) is 10.5. The SMILES string of the molecule is CCNCOCCOCCOCCNC(=O)C1=CC(OC(C)C)=CCC1. The number of ether oxygens (including phenoxy) is 4. The third-order valence-corrected chi connectivity index (χ3v) is 3.47. The van der Waals surface area contributed by atoms with E-state index in [0.717, 1.165) is 30.7 Å². The van der Waals surface area contributed by atoms with Gasteiger partial charge in [0.1, 0.15) is 5.76 Å². The lowest BCUT2D eigenvalue weighted by Crippen LogP contribution is -2.29. The van der Waals surface area contributed by atoms with Gasteiger partial charge in [0, 0.05) is 12.1 Å². The fourth-order valence-electron chi connectivity index (χ4n) is 2.24. The molecule has 150 valence electrons. The molecule has 0 spiro atoms. The van der Waals surface area contributed by atoms with Crippen LogP contribution < -0.4 is 10.6 Å². The van der Waals surface area contributed by atoms with Gasteiger partial charge in [-0.1, -0.05) is 6.92 Å². The van der Waals surface area contributed by atoms with Gasteiger partial charge in [-0.2, -0.15) is 0 Å². The molecule has 0 atom stereocenters. The lowest BCUT2D eigenvalue weighted by molar-refractivity contribution is -0.118. The molecule has 0 aromatic heterocycles. The molecule has 7 nitrogen and oxygen atoms in total. The number of carbonyl (C=O) groups excluding carboxylic acids is 1. The van der Waals surface area contributed by atoms with Crippen LogP contribution in [0.25, 0.3) is 0 Å². The van der Waals surface area contributed by atoms with Crippen LogP contribution in [0, 0.1) is 0 Å². The summed E-state index contributed by atoms with van der Waals surface area (Å²) in [7, 11) is 0. The number of hydrogen-bond donors (Lipinski definition) is 2. The second-order valence-electron chi connectivity index (χ2n) is 6.12. The van der Waals surface area contributed by atoms with E-state index in [1.165, 1.54) is 0 Å². The van der Waals surface area contributed by atoms with Gasteiger partial charge in [-0.25, -0.2) is 0 Å². The molecule has 0 fully saturated rings. The zero-order chi connectivity index (χ0) is 19.0. The van der Waals surface area contributed by atoms with Gasteiger partial charge in [-0.05, 0) is 45.4 Å². The summed E-state index contributed by atoms with van der Waals surface area (Å²) < 4.78 is 21.8. The van der Waals surface area contributed by atoms with E-state index in [0.29, 0.717) is 46.3 Å². The molecule has 26 heavy (non-hydrogen) atoms. The summed E-state index contributed by atoms with van der Waals surface area (Å²) in [5.41, 5.74) is 0.754. The standard InChI is InChI=1S/C19H34N2O5/c1-4-20-15-25-13-12-24-11-10-23-9-8-21-19(22)17-6-5-7-18(14-17)26-16(2)3/h7,14,16,20H,4-6,8-13,15H2,1-3H3,(H,21,22). The Morgan fingerprint density at radius 3 is 2.50 bits per heavy atom. The number of carbonyl (C=O) groups is 1. The van der Waals surface area contributed by atoms with Crippen LogP contribution in [0.15, 0.2) is 23.5 Å². The molecular weight excluding hydrogens is 336 g/mol. The topological polar surface area (TPSA) is 78.0 Å². The summed E-state index contributed by atoms with van der Waals surface area (Å²) in [5, 5.41) is 5.94. The molecule has 0 aromatic carbocycles. The van der Waals surface area contributed by atoms with Crippen molar-refractivity contribution >= 4 is 5.91 Å². The van der Waals surface area contributed by atoms with Crippen molar-refractivity contribution in [2.45, 2.75) is 39.7 Å². The molecule has 0 bridgehead atoms. The van der Waals surface area contributed by atoms with Crippen LogP contribution in [0.2, 0.25) is 0 Å². The summed E-state index contributed by atoms with van der Waals surface area (Å²) in [6.07, 6.45) is 5.51. The Bertz CT molecular complexity index is 449. The van der Waals surface area contributed by atoms with Crippen LogP contribution in [0.3, 0.4) is 0 Å². The molecule has 0 aliphatic heterocycles. The highest BCUT2D eigenvalue weighted by atomic mass is 16.5. The van der Waals surface area contributed by atoms with E-state index >= 15 is 0 Å². The van der Waals surface area contributed by atoms with E-state index in [4.69, 9.17) is 18.9 Å². The largest absolute Gasteiger partial charge is 0.491 e. The first kappa shape index (κ1) is 22.6. The molecule has 1 aliphatic rings. The van der Waals surface area contributed by atoms with Gasteiger partial charge >= 0.3 is 0 Å². The molecule has 0 heterocycles. The molecule has 2 N–H and O–H groups in total. The van der Waals surface area contributed by atoms with Gasteiger partial charge in [0.25, 0.3) is 0 Å². The highest BCUT2D eigenvalue weighted by molar-refractivity contribution is 5.94. The van der Waals surface area contributed by atoms with Crippen molar-refractivity contribution in [3.63, 3.8) is 0 Å². The zero-order valence-electron chi connectivity index (χ0n) is 16.3. The molecule has 0 saturated heterocycles. The van der Waals surface area contributed by atoms with Crippen molar-refractivity contribution in [2.75, 3.05) is 52.9 Å². The second-order valence-corrected chi connectivity index (χ2v) is 6.12. The van der Waals surface area contributed by atoms with Gasteiger partial charge in [-0.15, -0.1) is 0 Å². The Morgan fingerprint density at radius 2 is 1.81 bits per heavy atom. The smallest absolute Gasteiger partial charge is 0.247 e. The molecular formula is C19H34N2O5. The van der Waals surface area contributed by atoms with Crippen LogP contribution in [-0.2, 0) is 23.7 Å². The average molecular weight is 370 g/mol. The fraction of sp³-hybridized carbons (Fsp3) is 0.737. The van der Waals surface area contributed by atoms with Crippen molar-refractivity contribution in [3.05, 3.63) is 23.5 Å². The summed E-state index contributed by atoms with van der Waals surface area (Å²) in [6, 6.07) is 0. The van der Waals surface area contributed by atoms with Crippen molar-refractivity contribution in [3.8, 4) is 0 Å². The molecule has 0 aromatic rings. The van der Waals surface area contributed by atoms with Gasteiger partial charge < -0.3 is 24.3 Å². The molecule has 1 aliphatic carbocycles. The quantitative estimate of drug-likeness (QED) is 0.338. The summed E-state index contributed by atoms with van der Waals surface area (Å²) >= 11 is 0. The van der Waals surface area contributed by atoms with E-state index in [2.05, 4.69) is 10.6 Å². The highest BCUT2D eigenvalue weighted by Crippen LogP contribution is 2.19. The summed E-state index contributed by atoms with van der Waals surface area (Å²) in [4.78, 5) is 12.2. The van der Waals surface area contributed by atoms with Crippen molar-refractivity contribution < 1.29 is 23.7 Å². The van der Waals surface area contributed by atoms with Crippen LogP contribution in [0.4, 0.5) is 0 Å². The predicted molar refractivity (Wildman–Crippen MR) is 101 cm³/mol. The normalized spacial score (nSPS) is 14.2. The molecule has 1 rings (SSSR count). The first-order valence-corrected chi connectivity index (χ1v) is 9.43. The highest BCUT2D eigenvalue weighted by Gasteiger charge is 2.14. The number of hydrogen-bond acceptors (Lipinski definition) is 6. The number of rotatable bonds is 15. The average Bonchev–Trinajstić information content (AvgIpc) is 2.62. The van der Waals surface area contributed by atoms with Gasteiger partial charge in [0.15, 0.2) is 0 Å². The lowest BCUT2D eigenvalue weighted by Gasteiger charge is -2.16. The van der Waals surface area contributed by atoms with E-state index in [1.54, 1.807) is 0 Å². The molecule has 0 radical (unpaired) electrons. The Kier molecular flexibility index (Phi) is 12.8. The molecule has 0 saturated carbocycles. The Balaban J connectivity index is 2.00. The number of nitrogens with one attached hydrogen (secondary N) is 2. The van der Waals surface area contributed by atoms with Crippen molar-refractivity contribution in [1.82, 2.24) is 10.6 Å². The Morgan fingerprint density at radius 1 is 1.12 bits per heavy atom. The first-order valence-electron chi connectivity index (χ1n) is 9.43. The van der Waals surface area contributed by atoms with E-state index in [1.807, 2.05) is 32.9 Å². The van der Waals surface area contributed by atoms with Crippen LogP contribution in [-0.4, -0.2) is 64.9 Å². The maximum atomic E-state index is 12.2. The zero-order valence-corrected chi connectivity index (χ0v) is 16.3. The molecule has 0 unspecified atom stereocenters. The van der Waals surface area contributed by atoms with Crippen molar-refractivity contribution in [1.29, 1.82) is 0 Å². The van der Waals surface area contributed by atoms with Gasteiger partial charge in [0.05, 0.1) is 45.9 Å². The number of allylic oxidation sites excluding steroid dienone is 2. The third kappa shape index (κ3) is 11.3.